The summed E-state index contributed by atoms with van der Waals surface area (Å²) in [6.45, 7) is 5.38. The third kappa shape index (κ3) is 4.67. The smallest absolute Gasteiger partial charge is 0.226 e. The van der Waals surface area contributed by atoms with Gasteiger partial charge < -0.3 is 10.1 Å². The van der Waals surface area contributed by atoms with Crippen LogP contribution in [0.1, 0.15) is 41.3 Å². The van der Waals surface area contributed by atoms with Gasteiger partial charge >= 0.3 is 0 Å². The number of aromatic nitrogens is 1. The van der Waals surface area contributed by atoms with Crippen LogP contribution in [-0.2, 0) is 16.0 Å². The van der Waals surface area contributed by atoms with Crippen LogP contribution < -0.4 is 5.32 Å². The van der Waals surface area contributed by atoms with Crippen LogP contribution in [0.5, 0.6) is 0 Å². The van der Waals surface area contributed by atoms with Crippen LogP contribution in [0.3, 0.4) is 0 Å². The summed E-state index contributed by atoms with van der Waals surface area (Å²) in [6.07, 6.45) is 4.33. The van der Waals surface area contributed by atoms with Crippen molar-refractivity contribution in [2.75, 3.05) is 13.2 Å². The zero-order valence-corrected chi connectivity index (χ0v) is 15.0. The van der Waals surface area contributed by atoms with E-state index in [0.717, 1.165) is 42.7 Å². The van der Waals surface area contributed by atoms with E-state index in [4.69, 9.17) is 4.74 Å². The maximum atomic E-state index is 12.7. The SMILES string of the molecule is Cc1ccc([C@H]2OCCC[C@@H]2C(=O)NCCc2ccc(C)nc2)cc1. The van der Waals surface area contributed by atoms with Gasteiger partial charge in [0.05, 0.1) is 12.0 Å². The highest BCUT2D eigenvalue weighted by atomic mass is 16.5. The monoisotopic (exact) mass is 338 g/mol. The van der Waals surface area contributed by atoms with E-state index >= 15 is 0 Å². The Balaban J connectivity index is 1.58. The van der Waals surface area contributed by atoms with Crippen LogP contribution in [0.25, 0.3) is 0 Å². The number of amides is 1. The molecular weight excluding hydrogens is 312 g/mol. The molecule has 3 rings (SSSR count). The second-order valence-corrected chi connectivity index (χ2v) is 6.80. The number of pyridine rings is 1. The molecule has 4 nitrogen and oxygen atoms in total. The lowest BCUT2D eigenvalue weighted by atomic mass is 9.88. The van der Waals surface area contributed by atoms with Crippen LogP contribution in [0.4, 0.5) is 0 Å². The molecule has 2 atom stereocenters. The molecule has 2 aromatic rings. The van der Waals surface area contributed by atoms with Crippen LogP contribution in [0.15, 0.2) is 42.6 Å². The van der Waals surface area contributed by atoms with E-state index in [9.17, 15) is 4.79 Å². The first kappa shape index (κ1) is 17.6. The van der Waals surface area contributed by atoms with Crippen LogP contribution in [-0.4, -0.2) is 24.0 Å². The summed E-state index contributed by atoms with van der Waals surface area (Å²) >= 11 is 0. The molecule has 0 bridgehead atoms. The van der Waals surface area contributed by atoms with Crippen molar-refractivity contribution in [3.05, 3.63) is 65.0 Å². The molecule has 0 radical (unpaired) electrons. The minimum absolute atomic E-state index is 0.0883. The number of nitrogens with one attached hydrogen (secondary N) is 1. The Labute approximate surface area is 149 Å². The average Bonchev–Trinajstić information content (AvgIpc) is 2.64. The molecule has 1 fully saturated rings. The van der Waals surface area contributed by atoms with Crippen molar-refractivity contribution in [3.8, 4) is 0 Å². The maximum absolute atomic E-state index is 12.7. The van der Waals surface area contributed by atoms with E-state index in [1.165, 1.54) is 5.56 Å². The van der Waals surface area contributed by atoms with Gasteiger partial charge in [0.15, 0.2) is 0 Å². The summed E-state index contributed by atoms with van der Waals surface area (Å²) in [6, 6.07) is 12.4. The standard InChI is InChI=1S/C21H26N2O2/c1-15-5-9-18(10-6-15)20-19(4-3-13-25-20)21(24)22-12-11-17-8-7-16(2)23-14-17/h5-10,14,19-20H,3-4,11-13H2,1-2H3,(H,22,24)/t19-,20+/m0/s1. The van der Waals surface area contributed by atoms with Gasteiger partial charge in [-0.05, 0) is 50.3 Å². The first-order chi connectivity index (χ1) is 12.1. The molecule has 1 amide bonds. The third-order valence-corrected chi connectivity index (χ3v) is 4.75. The van der Waals surface area contributed by atoms with Gasteiger partial charge in [-0.1, -0.05) is 35.9 Å². The zero-order valence-electron chi connectivity index (χ0n) is 15.0. The lowest BCUT2D eigenvalue weighted by Gasteiger charge is -2.31. The van der Waals surface area contributed by atoms with Crippen molar-refractivity contribution in [1.29, 1.82) is 0 Å². The lowest BCUT2D eigenvalue weighted by molar-refractivity contribution is -0.134. The molecule has 1 saturated heterocycles. The topological polar surface area (TPSA) is 51.2 Å². The van der Waals surface area contributed by atoms with E-state index in [0.29, 0.717) is 6.54 Å². The molecule has 132 valence electrons. The molecule has 1 aromatic carbocycles. The van der Waals surface area contributed by atoms with Gasteiger partial charge in [0.2, 0.25) is 5.91 Å². The van der Waals surface area contributed by atoms with Gasteiger partial charge in [-0.3, -0.25) is 9.78 Å². The van der Waals surface area contributed by atoms with E-state index in [1.54, 1.807) is 0 Å². The number of hydrogen-bond acceptors (Lipinski definition) is 3. The molecule has 1 N–H and O–H groups in total. The number of carbonyl (C=O) groups is 1. The van der Waals surface area contributed by atoms with Gasteiger partial charge in [-0.2, -0.15) is 0 Å². The number of aryl methyl sites for hydroxylation is 2. The Hall–Kier alpha value is -2.20. The fourth-order valence-corrected chi connectivity index (χ4v) is 3.24. The molecule has 0 unspecified atom stereocenters. The first-order valence-corrected chi connectivity index (χ1v) is 9.01. The molecule has 25 heavy (non-hydrogen) atoms. The Kier molecular flexibility index (Phi) is 5.82. The summed E-state index contributed by atoms with van der Waals surface area (Å²) < 4.78 is 5.94. The molecule has 4 heteroatoms. The van der Waals surface area contributed by atoms with Gasteiger partial charge in [-0.15, -0.1) is 0 Å². The molecule has 0 saturated carbocycles. The predicted octanol–water partition coefficient (Wildman–Crippen LogP) is 3.53. The highest BCUT2D eigenvalue weighted by molar-refractivity contribution is 5.79. The molecule has 1 aliphatic rings. The van der Waals surface area contributed by atoms with Crippen LogP contribution in [0, 0.1) is 19.8 Å². The average molecular weight is 338 g/mol. The Morgan fingerprint density at radius 2 is 2.00 bits per heavy atom. The lowest BCUT2D eigenvalue weighted by Crippen LogP contribution is -2.38. The van der Waals surface area contributed by atoms with Gasteiger partial charge in [0.1, 0.15) is 0 Å². The molecule has 0 spiro atoms. The Bertz CT molecular complexity index is 695. The maximum Gasteiger partial charge on any atom is 0.226 e. The van der Waals surface area contributed by atoms with Crippen LogP contribution >= 0.6 is 0 Å². The molecule has 1 aliphatic heterocycles. The van der Waals surface area contributed by atoms with Gasteiger partial charge in [0.25, 0.3) is 0 Å². The largest absolute Gasteiger partial charge is 0.373 e. The number of rotatable bonds is 5. The number of ether oxygens (including phenoxy) is 1. The zero-order chi connectivity index (χ0) is 17.6. The summed E-state index contributed by atoms with van der Waals surface area (Å²) in [4.78, 5) is 17.0. The van der Waals surface area contributed by atoms with Crippen molar-refractivity contribution in [3.63, 3.8) is 0 Å². The van der Waals surface area contributed by atoms with E-state index in [2.05, 4.69) is 47.6 Å². The first-order valence-electron chi connectivity index (χ1n) is 9.01. The van der Waals surface area contributed by atoms with Crippen molar-refractivity contribution in [2.24, 2.45) is 5.92 Å². The van der Waals surface area contributed by atoms with E-state index < -0.39 is 0 Å². The third-order valence-electron chi connectivity index (χ3n) is 4.75. The number of hydrogen-bond donors (Lipinski definition) is 1. The normalized spacial score (nSPS) is 20.2. The number of nitrogens with zero attached hydrogens (tertiary/aromatic N) is 1. The van der Waals surface area contributed by atoms with Gasteiger partial charge in [-0.25, -0.2) is 0 Å². The Morgan fingerprint density at radius 1 is 1.20 bits per heavy atom. The molecular formula is C21H26N2O2. The number of carbonyl (C=O) groups excluding carboxylic acids is 1. The van der Waals surface area contributed by atoms with Gasteiger partial charge in [0, 0.05) is 25.0 Å². The summed E-state index contributed by atoms with van der Waals surface area (Å²) in [5, 5.41) is 3.08. The number of benzene rings is 1. The summed E-state index contributed by atoms with van der Waals surface area (Å²) in [7, 11) is 0. The molecule has 1 aromatic heterocycles. The van der Waals surface area contributed by atoms with E-state index in [-0.39, 0.29) is 17.9 Å². The van der Waals surface area contributed by atoms with Crippen LogP contribution in [0.2, 0.25) is 0 Å². The minimum atomic E-state index is -0.143. The summed E-state index contributed by atoms with van der Waals surface area (Å²) in [5.74, 6) is -0.0297. The molecule has 2 heterocycles. The molecule has 0 aliphatic carbocycles. The predicted molar refractivity (Wildman–Crippen MR) is 98.3 cm³/mol. The van der Waals surface area contributed by atoms with Crippen molar-refractivity contribution in [1.82, 2.24) is 10.3 Å². The van der Waals surface area contributed by atoms with Crippen molar-refractivity contribution in [2.45, 2.75) is 39.2 Å². The summed E-state index contributed by atoms with van der Waals surface area (Å²) in [5.41, 5.74) is 4.45. The second kappa shape index (κ2) is 8.26. The quantitative estimate of drug-likeness (QED) is 0.907. The minimum Gasteiger partial charge on any atom is -0.373 e. The fraction of sp³-hybridized carbons (Fsp3) is 0.429. The highest BCUT2D eigenvalue weighted by Gasteiger charge is 2.32. The second-order valence-electron chi connectivity index (χ2n) is 6.80. The Morgan fingerprint density at radius 3 is 2.72 bits per heavy atom. The fourth-order valence-electron chi connectivity index (χ4n) is 3.24. The van der Waals surface area contributed by atoms with Crippen molar-refractivity contribution < 1.29 is 9.53 Å². The van der Waals surface area contributed by atoms with E-state index in [1.807, 2.05) is 19.2 Å². The highest BCUT2D eigenvalue weighted by Crippen LogP contribution is 2.33. The van der Waals surface area contributed by atoms with Crippen molar-refractivity contribution >= 4 is 5.91 Å².